The van der Waals surface area contributed by atoms with E-state index in [1.165, 1.54) is 5.56 Å². The summed E-state index contributed by atoms with van der Waals surface area (Å²) in [5.41, 5.74) is 2.32. The molecule has 0 aromatic heterocycles. The molecule has 0 aliphatic carbocycles. The van der Waals surface area contributed by atoms with Gasteiger partial charge in [0.2, 0.25) is 0 Å². The Hall–Kier alpha value is -2.31. The molecule has 1 unspecified atom stereocenters. The van der Waals surface area contributed by atoms with Crippen LogP contribution < -0.4 is 10.1 Å². The van der Waals surface area contributed by atoms with Gasteiger partial charge in [0, 0.05) is 12.6 Å². The summed E-state index contributed by atoms with van der Waals surface area (Å²) in [5, 5.41) is 12.3. The molecule has 0 radical (unpaired) electrons. The van der Waals surface area contributed by atoms with E-state index in [4.69, 9.17) is 10.00 Å². The van der Waals surface area contributed by atoms with Gasteiger partial charge in [-0.2, -0.15) is 5.26 Å². The first kappa shape index (κ1) is 15.1. The highest BCUT2D eigenvalue weighted by atomic mass is 16.5. The fraction of sp³-hybridized carbons (Fsp3) is 0.278. The number of nitrogens with zero attached hydrogens (tertiary/aromatic N) is 1. The van der Waals surface area contributed by atoms with Crippen LogP contribution in [0.4, 0.5) is 0 Å². The van der Waals surface area contributed by atoms with E-state index in [-0.39, 0.29) is 6.04 Å². The number of hydrogen-bond acceptors (Lipinski definition) is 3. The number of nitriles is 1. The van der Waals surface area contributed by atoms with Crippen molar-refractivity contribution in [3.05, 3.63) is 65.7 Å². The van der Waals surface area contributed by atoms with Crippen molar-refractivity contribution < 1.29 is 4.74 Å². The Morgan fingerprint density at radius 1 is 1.14 bits per heavy atom. The molecule has 0 heterocycles. The molecular weight excluding hydrogens is 260 g/mol. The highest BCUT2D eigenvalue weighted by Gasteiger charge is 2.09. The van der Waals surface area contributed by atoms with Crippen molar-refractivity contribution in [1.82, 2.24) is 5.32 Å². The molecular formula is C18H20N2O. The van der Waals surface area contributed by atoms with Gasteiger partial charge in [-0.3, -0.25) is 0 Å². The molecule has 2 aromatic rings. The monoisotopic (exact) mass is 280 g/mol. The molecule has 2 aromatic carbocycles. The molecule has 0 aliphatic heterocycles. The van der Waals surface area contributed by atoms with Crippen molar-refractivity contribution in [2.45, 2.75) is 19.4 Å². The van der Waals surface area contributed by atoms with Gasteiger partial charge in [-0.25, -0.2) is 0 Å². The molecule has 3 nitrogen and oxygen atoms in total. The molecule has 0 bridgehead atoms. The van der Waals surface area contributed by atoms with E-state index in [1.807, 2.05) is 61.5 Å². The smallest absolute Gasteiger partial charge is 0.119 e. The summed E-state index contributed by atoms with van der Waals surface area (Å²) in [4.78, 5) is 0. The minimum absolute atomic E-state index is 0.0531. The molecule has 0 saturated heterocycles. The highest BCUT2D eigenvalue weighted by molar-refractivity contribution is 5.27. The van der Waals surface area contributed by atoms with Gasteiger partial charge in [-0.15, -0.1) is 0 Å². The maximum absolute atomic E-state index is 8.94. The van der Waals surface area contributed by atoms with Gasteiger partial charge in [-0.1, -0.05) is 42.5 Å². The van der Waals surface area contributed by atoms with Gasteiger partial charge in [0.15, 0.2) is 0 Å². The number of aryl methyl sites for hydroxylation is 1. The van der Waals surface area contributed by atoms with Crippen LogP contribution in [-0.2, 0) is 0 Å². The Balaban J connectivity index is 1.82. The number of ether oxygens (including phenoxy) is 1. The zero-order chi connectivity index (χ0) is 14.9. The third-order valence-corrected chi connectivity index (χ3v) is 3.25. The molecule has 1 atom stereocenters. The molecule has 21 heavy (non-hydrogen) atoms. The summed E-state index contributed by atoms with van der Waals surface area (Å²) >= 11 is 0. The Morgan fingerprint density at radius 3 is 2.67 bits per heavy atom. The number of benzene rings is 2. The molecule has 0 spiro atoms. The van der Waals surface area contributed by atoms with E-state index in [1.54, 1.807) is 0 Å². The Bertz CT molecular complexity index is 590. The van der Waals surface area contributed by atoms with Crippen LogP contribution in [0.15, 0.2) is 54.6 Å². The average Bonchev–Trinajstić information content (AvgIpc) is 2.51. The van der Waals surface area contributed by atoms with E-state index in [0.29, 0.717) is 19.6 Å². The summed E-state index contributed by atoms with van der Waals surface area (Å²) in [5.74, 6) is 0.883. The van der Waals surface area contributed by atoms with Crippen molar-refractivity contribution >= 4 is 0 Å². The fourth-order valence-electron chi connectivity index (χ4n) is 2.19. The lowest BCUT2D eigenvalue weighted by Gasteiger charge is -2.16. The summed E-state index contributed by atoms with van der Waals surface area (Å²) in [6.45, 7) is 3.33. The maximum Gasteiger partial charge on any atom is 0.119 e. The average molecular weight is 280 g/mol. The van der Waals surface area contributed by atoms with Crippen molar-refractivity contribution in [3.63, 3.8) is 0 Å². The lowest BCUT2D eigenvalue weighted by molar-refractivity contribution is 0.305. The van der Waals surface area contributed by atoms with Crippen LogP contribution in [-0.4, -0.2) is 13.2 Å². The van der Waals surface area contributed by atoms with E-state index >= 15 is 0 Å². The van der Waals surface area contributed by atoms with Crippen molar-refractivity contribution in [2.24, 2.45) is 0 Å². The zero-order valence-corrected chi connectivity index (χ0v) is 12.3. The second-order valence-corrected chi connectivity index (χ2v) is 4.94. The van der Waals surface area contributed by atoms with E-state index in [2.05, 4.69) is 11.4 Å². The van der Waals surface area contributed by atoms with Crippen molar-refractivity contribution in [2.75, 3.05) is 13.2 Å². The number of hydrogen-bond donors (Lipinski definition) is 1. The Morgan fingerprint density at radius 2 is 1.95 bits per heavy atom. The summed E-state index contributed by atoms with van der Waals surface area (Å²) in [6, 6.07) is 20.3. The van der Waals surface area contributed by atoms with Crippen LogP contribution in [0.2, 0.25) is 0 Å². The summed E-state index contributed by atoms with van der Waals surface area (Å²) in [7, 11) is 0. The largest absolute Gasteiger partial charge is 0.492 e. The minimum atomic E-state index is 0.0531. The number of rotatable bonds is 7. The quantitative estimate of drug-likeness (QED) is 0.788. The lowest BCUT2D eigenvalue weighted by atomic mass is 10.0. The highest BCUT2D eigenvalue weighted by Crippen LogP contribution is 2.16. The first-order chi connectivity index (χ1) is 10.3. The molecule has 0 amide bonds. The van der Waals surface area contributed by atoms with Crippen LogP contribution in [0.3, 0.4) is 0 Å². The zero-order valence-electron chi connectivity index (χ0n) is 12.3. The topological polar surface area (TPSA) is 45.0 Å². The van der Waals surface area contributed by atoms with Crippen molar-refractivity contribution in [3.8, 4) is 11.8 Å². The summed E-state index contributed by atoms with van der Waals surface area (Å²) < 4.78 is 5.71. The van der Waals surface area contributed by atoms with Gasteiger partial charge in [0.1, 0.15) is 12.4 Å². The molecule has 3 heteroatoms. The fourth-order valence-corrected chi connectivity index (χ4v) is 2.19. The normalized spacial score (nSPS) is 11.6. The van der Waals surface area contributed by atoms with Gasteiger partial charge < -0.3 is 10.1 Å². The van der Waals surface area contributed by atoms with Crippen LogP contribution in [0.25, 0.3) is 0 Å². The first-order valence-corrected chi connectivity index (χ1v) is 7.14. The predicted molar refractivity (Wildman–Crippen MR) is 84.1 cm³/mol. The van der Waals surface area contributed by atoms with Crippen LogP contribution >= 0.6 is 0 Å². The minimum Gasteiger partial charge on any atom is -0.492 e. The van der Waals surface area contributed by atoms with Gasteiger partial charge >= 0.3 is 0 Å². The van der Waals surface area contributed by atoms with E-state index in [9.17, 15) is 0 Å². The molecule has 0 aliphatic rings. The van der Waals surface area contributed by atoms with Crippen LogP contribution in [0, 0.1) is 18.3 Å². The lowest BCUT2D eigenvalue weighted by Crippen LogP contribution is -2.26. The standard InChI is InChI=1S/C18H20N2O/c1-15-6-5-9-17(14-15)21-13-12-20-18(10-11-19)16-7-3-2-4-8-16/h2-9,14,18,20H,10,12-13H2,1H3. The predicted octanol–water partition coefficient (Wildman–Crippen LogP) is 3.62. The molecule has 0 fully saturated rings. The third kappa shape index (κ3) is 4.94. The molecule has 0 saturated carbocycles. The summed E-state index contributed by atoms with van der Waals surface area (Å²) in [6.07, 6.45) is 0.453. The molecule has 1 N–H and O–H groups in total. The second-order valence-electron chi connectivity index (χ2n) is 4.94. The van der Waals surface area contributed by atoms with E-state index < -0.39 is 0 Å². The number of nitrogens with one attached hydrogen (secondary N) is 1. The maximum atomic E-state index is 8.94. The van der Waals surface area contributed by atoms with Gasteiger partial charge in [0.25, 0.3) is 0 Å². The van der Waals surface area contributed by atoms with Crippen LogP contribution in [0.5, 0.6) is 5.75 Å². The molecule has 108 valence electrons. The Labute approximate surface area is 126 Å². The first-order valence-electron chi connectivity index (χ1n) is 7.14. The SMILES string of the molecule is Cc1cccc(OCCNC(CC#N)c2ccccc2)c1. The van der Waals surface area contributed by atoms with Gasteiger partial charge in [0.05, 0.1) is 12.5 Å². The van der Waals surface area contributed by atoms with Crippen LogP contribution in [0.1, 0.15) is 23.6 Å². The molecule has 2 rings (SSSR count). The second kappa shape index (κ2) is 8.08. The van der Waals surface area contributed by atoms with Crippen molar-refractivity contribution in [1.29, 1.82) is 5.26 Å². The Kier molecular flexibility index (Phi) is 5.81. The van der Waals surface area contributed by atoms with E-state index in [0.717, 1.165) is 11.3 Å². The van der Waals surface area contributed by atoms with Gasteiger partial charge in [-0.05, 0) is 30.2 Å². The third-order valence-electron chi connectivity index (χ3n) is 3.25.